The maximum absolute atomic E-state index is 12.1. The van der Waals surface area contributed by atoms with Crippen LogP contribution in [0.3, 0.4) is 0 Å². The van der Waals surface area contributed by atoms with Gasteiger partial charge in [0, 0.05) is 37.7 Å². The fourth-order valence-corrected chi connectivity index (χ4v) is 3.34. The third-order valence-corrected chi connectivity index (χ3v) is 5.00. The Balaban J connectivity index is 1.39. The first-order valence-corrected chi connectivity index (χ1v) is 9.54. The number of nitrogens with one attached hydrogen (secondary N) is 1. The molecule has 0 aromatic heterocycles. The molecular weight excluding hydrogens is 360 g/mol. The van der Waals surface area contributed by atoms with E-state index in [2.05, 4.69) is 26.4 Å². The summed E-state index contributed by atoms with van der Waals surface area (Å²) in [5, 5.41) is 4.86. The van der Waals surface area contributed by atoms with E-state index in [1.54, 1.807) is 6.21 Å². The number of hydrazone groups is 1. The molecule has 1 fully saturated rings. The van der Waals surface area contributed by atoms with Crippen LogP contribution in [0.1, 0.15) is 16.7 Å². The average Bonchev–Trinajstić information content (AvgIpc) is 2.65. The predicted octanol–water partition coefficient (Wildman–Crippen LogP) is 2.92. The third-order valence-electron chi connectivity index (χ3n) is 4.63. The van der Waals surface area contributed by atoms with Crippen LogP contribution < -0.4 is 5.43 Å². The van der Waals surface area contributed by atoms with Gasteiger partial charge in [0.05, 0.1) is 12.8 Å². The maximum atomic E-state index is 12.1. The zero-order valence-electron chi connectivity index (χ0n) is 15.6. The second kappa shape index (κ2) is 9.65. The molecule has 1 aliphatic heterocycles. The molecule has 0 bridgehead atoms. The molecular formula is C21H25ClN4O. The lowest BCUT2D eigenvalue weighted by atomic mass is 10.2. The number of nitrogens with zero attached hydrogens (tertiary/aromatic N) is 3. The van der Waals surface area contributed by atoms with Crippen LogP contribution in [0.25, 0.3) is 0 Å². The molecule has 2 aromatic rings. The van der Waals surface area contributed by atoms with Crippen LogP contribution in [-0.4, -0.2) is 54.6 Å². The summed E-state index contributed by atoms with van der Waals surface area (Å²) < 4.78 is 0. The Morgan fingerprint density at radius 3 is 2.59 bits per heavy atom. The van der Waals surface area contributed by atoms with Gasteiger partial charge in [-0.2, -0.15) is 5.10 Å². The number of carbonyl (C=O) groups excluding carboxylic acids is 1. The van der Waals surface area contributed by atoms with Crippen molar-refractivity contribution in [2.45, 2.75) is 13.5 Å². The van der Waals surface area contributed by atoms with Crippen molar-refractivity contribution in [3.8, 4) is 0 Å². The molecule has 0 saturated carbocycles. The molecule has 0 aliphatic carbocycles. The SMILES string of the molecule is Cc1cccc(C=NNC(=O)CN2CCN(Cc3ccccc3Cl)CC2)c1. The minimum atomic E-state index is -0.0848. The number of amides is 1. The summed E-state index contributed by atoms with van der Waals surface area (Å²) in [6.07, 6.45) is 1.67. The second-order valence-electron chi connectivity index (χ2n) is 6.85. The Kier molecular flexibility index (Phi) is 6.98. The molecule has 1 N–H and O–H groups in total. The van der Waals surface area contributed by atoms with Crippen molar-refractivity contribution in [3.63, 3.8) is 0 Å². The predicted molar refractivity (Wildman–Crippen MR) is 110 cm³/mol. The van der Waals surface area contributed by atoms with E-state index in [0.29, 0.717) is 6.54 Å². The maximum Gasteiger partial charge on any atom is 0.254 e. The van der Waals surface area contributed by atoms with Crippen LogP contribution in [0, 0.1) is 6.92 Å². The number of hydrogen-bond acceptors (Lipinski definition) is 4. The number of rotatable bonds is 6. The van der Waals surface area contributed by atoms with Crippen molar-refractivity contribution in [1.29, 1.82) is 0 Å². The number of benzene rings is 2. The molecule has 0 unspecified atom stereocenters. The van der Waals surface area contributed by atoms with Gasteiger partial charge in [0.1, 0.15) is 0 Å². The van der Waals surface area contributed by atoms with Crippen molar-refractivity contribution >= 4 is 23.7 Å². The summed E-state index contributed by atoms with van der Waals surface area (Å²) in [6, 6.07) is 15.9. The van der Waals surface area contributed by atoms with E-state index in [0.717, 1.165) is 48.9 Å². The summed E-state index contributed by atoms with van der Waals surface area (Å²) in [5.74, 6) is -0.0848. The van der Waals surface area contributed by atoms with Gasteiger partial charge in [0.15, 0.2) is 0 Å². The smallest absolute Gasteiger partial charge is 0.254 e. The summed E-state index contributed by atoms with van der Waals surface area (Å²) in [7, 11) is 0. The molecule has 5 nitrogen and oxygen atoms in total. The van der Waals surface area contributed by atoms with E-state index >= 15 is 0 Å². The highest BCUT2D eigenvalue weighted by molar-refractivity contribution is 6.31. The molecule has 1 amide bonds. The number of hydrogen-bond donors (Lipinski definition) is 1. The molecule has 1 saturated heterocycles. The Hall–Kier alpha value is -2.21. The van der Waals surface area contributed by atoms with Crippen LogP contribution >= 0.6 is 11.6 Å². The lowest BCUT2D eigenvalue weighted by Crippen LogP contribution is -2.48. The van der Waals surface area contributed by atoms with Crippen LogP contribution in [0.5, 0.6) is 0 Å². The number of piperazine rings is 1. The van der Waals surface area contributed by atoms with E-state index in [4.69, 9.17) is 11.6 Å². The van der Waals surface area contributed by atoms with Gasteiger partial charge in [0.25, 0.3) is 5.91 Å². The van der Waals surface area contributed by atoms with Crippen molar-refractivity contribution in [3.05, 3.63) is 70.2 Å². The number of carbonyl (C=O) groups is 1. The Bertz CT molecular complexity index is 800. The van der Waals surface area contributed by atoms with E-state index in [1.165, 1.54) is 5.56 Å². The Labute approximate surface area is 165 Å². The molecule has 2 aromatic carbocycles. The van der Waals surface area contributed by atoms with Gasteiger partial charge >= 0.3 is 0 Å². The summed E-state index contributed by atoms with van der Waals surface area (Å²) in [4.78, 5) is 16.6. The quantitative estimate of drug-likeness (QED) is 0.615. The van der Waals surface area contributed by atoms with Crippen molar-refractivity contribution < 1.29 is 4.79 Å². The first-order valence-electron chi connectivity index (χ1n) is 9.17. The second-order valence-corrected chi connectivity index (χ2v) is 7.26. The lowest BCUT2D eigenvalue weighted by Gasteiger charge is -2.34. The van der Waals surface area contributed by atoms with E-state index in [9.17, 15) is 4.79 Å². The molecule has 0 radical (unpaired) electrons. The first kappa shape index (κ1) is 19.5. The van der Waals surface area contributed by atoms with Gasteiger partial charge in [-0.1, -0.05) is 59.6 Å². The highest BCUT2D eigenvalue weighted by atomic mass is 35.5. The molecule has 0 spiro atoms. The van der Waals surface area contributed by atoms with E-state index in [-0.39, 0.29) is 5.91 Å². The van der Waals surface area contributed by atoms with Crippen LogP contribution in [-0.2, 0) is 11.3 Å². The zero-order chi connectivity index (χ0) is 19.1. The minimum absolute atomic E-state index is 0.0848. The fraction of sp³-hybridized carbons (Fsp3) is 0.333. The van der Waals surface area contributed by atoms with Gasteiger partial charge < -0.3 is 0 Å². The summed E-state index contributed by atoms with van der Waals surface area (Å²) >= 11 is 6.24. The van der Waals surface area contributed by atoms with Crippen molar-refractivity contribution in [2.75, 3.05) is 32.7 Å². The van der Waals surface area contributed by atoms with Crippen LogP contribution in [0.4, 0.5) is 0 Å². The monoisotopic (exact) mass is 384 g/mol. The van der Waals surface area contributed by atoms with Gasteiger partial charge in [-0.25, -0.2) is 5.43 Å². The van der Waals surface area contributed by atoms with Gasteiger partial charge in [-0.05, 0) is 24.1 Å². The molecule has 27 heavy (non-hydrogen) atoms. The third kappa shape index (κ3) is 6.17. The number of halogens is 1. The molecule has 1 heterocycles. The Morgan fingerprint density at radius 2 is 1.85 bits per heavy atom. The van der Waals surface area contributed by atoms with Crippen LogP contribution in [0.2, 0.25) is 5.02 Å². The highest BCUT2D eigenvalue weighted by Crippen LogP contribution is 2.17. The highest BCUT2D eigenvalue weighted by Gasteiger charge is 2.19. The molecule has 3 rings (SSSR count). The largest absolute Gasteiger partial charge is 0.296 e. The molecule has 142 valence electrons. The topological polar surface area (TPSA) is 47.9 Å². The first-order chi connectivity index (χ1) is 13.1. The molecule has 6 heteroatoms. The van der Waals surface area contributed by atoms with Crippen LogP contribution in [0.15, 0.2) is 53.6 Å². The fourth-order valence-electron chi connectivity index (χ4n) is 3.14. The van der Waals surface area contributed by atoms with Crippen molar-refractivity contribution in [2.24, 2.45) is 5.10 Å². The Morgan fingerprint density at radius 1 is 1.11 bits per heavy atom. The van der Waals surface area contributed by atoms with E-state index < -0.39 is 0 Å². The van der Waals surface area contributed by atoms with Gasteiger partial charge in [0.2, 0.25) is 0 Å². The zero-order valence-corrected chi connectivity index (χ0v) is 16.3. The molecule has 0 atom stereocenters. The molecule has 1 aliphatic rings. The summed E-state index contributed by atoms with van der Waals surface area (Å²) in [5.41, 5.74) is 5.91. The van der Waals surface area contributed by atoms with E-state index in [1.807, 2.05) is 49.4 Å². The number of aryl methyl sites for hydroxylation is 1. The summed E-state index contributed by atoms with van der Waals surface area (Å²) in [6.45, 7) is 6.81. The van der Waals surface area contributed by atoms with Crippen molar-refractivity contribution in [1.82, 2.24) is 15.2 Å². The minimum Gasteiger partial charge on any atom is -0.296 e. The normalized spacial score (nSPS) is 15.9. The van der Waals surface area contributed by atoms with Gasteiger partial charge in [-0.3, -0.25) is 14.6 Å². The lowest BCUT2D eigenvalue weighted by molar-refractivity contribution is -0.122. The average molecular weight is 385 g/mol. The van der Waals surface area contributed by atoms with Gasteiger partial charge in [-0.15, -0.1) is 0 Å². The standard InChI is InChI=1S/C21H25ClN4O/c1-17-5-4-6-18(13-17)14-23-24-21(27)16-26-11-9-25(10-12-26)15-19-7-2-3-8-20(19)22/h2-8,13-14H,9-12,15-16H2,1H3,(H,24,27).